The van der Waals surface area contributed by atoms with Crippen molar-refractivity contribution in [2.24, 2.45) is 0 Å². The molecule has 0 spiro atoms. The van der Waals surface area contributed by atoms with Gasteiger partial charge < -0.3 is 9.16 Å². The minimum Gasteiger partial charge on any atom is -0.392 e. The molecule has 1 aliphatic rings. The van der Waals surface area contributed by atoms with Crippen LogP contribution in [-0.4, -0.2) is 14.6 Å². The summed E-state index contributed by atoms with van der Waals surface area (Å²) in [6.45, 7) is 11.2. The zero-order valence-electron chi connectivity index (χ0n) is 13.1. The molecule has 1 saturated heterocycles. The molecule has 0 unspecified atom stereocenters. The molecule has 1 heterocycles. The van der Waals surface area contributed by atoms with Crippen molar-refractivity contribution in [3.63, 3.8) is 0 Å². The van der Waals surface area contributed by atoms with Crippen molar-refractivity contribution in [1.82, 2.24) is 0 Å². The van der Waals surface area contributed by atoms with Crippen LogP contribution in [0.25, 0.3) is 0 Å². The molecular formula is C16H25FO2Si. The predicted molar refractivity (Wildman–Crippen MR) is 81.5 cm³/mol. The molecule has 0 aromatic heterocycles. The van der Waals surface area contributed by atoms with Gasteiger partial charge >= 0.3 is 0 Å². The minimum atomic E-state index is -1.79. The van der Waals surface area contributed by atoms with E-state index < -0.39 is 8.32 Å². The van der Waals surface area contributed by atoms with Crippen LogP contribution in [0, 0.1) is 5.82 Å². The fraction of sp³-hybridized carbons (Fsp3) is 0.625. The van der Waals surface area contributed by atoms with E-state index in [1.165, 1.54) is 12.1 Å². The lowest BCUT2D eigenvalue weighted by Gasteiger charge is -2.38. The van der Waals surface area contributed by atoms with Crippen molar-refractivity contribution in [2.75, 3.05) is 0 Å². The molecule has 0 aliphatic carbocycles. The molecule has 2 nitrogen and oxygen atoms in total. The van der Waals surface area contributed by atoms with Crippen LogP contribution in [0.2, 0.25) is 18.1 Å². The Balaban J connectivity index is 1.98. The molecule has 0 radical (unpaired) electrons. The molecule has 0 N–H and O–H groups in total. The van der Waals surface area contributed by atoms with Crippen LogP contribution in [0.1, 0.15) is 45.3 Å². The topological polar surface area (TPSA) is 18.5 Å². The minimum absolute atomic E-state index is 0.0327. The number of benzene rings is 1. The highest BCUT2D eigenvalue weighted by Crippen LogP contribution is 2.41. The summed E-state index contributed by atoms with van der Waals surface area (Å²) in [5.74, 6) is -0.208. The maximum absolute atomic E-state index is 12.9. The van der Waals surface area contributed by atoms with Crippen LogP contribution in [0.15, 0.2) is 24.3 Å². The van der Waals surface area contributed by atoms with E-state index >= 15 is 0 Å². The average Bonchev–Trinajstić information content (AvgIpc) is 2.76. The predicted octanol–water partition coefficient (Wildman–Crippen LogP) is 5.03. The molecule has 1 aromatic rings. The van der Waals surface area contributed by atoms with Gasteiger partial charge in [0.15, 0.2) is 8.32 Å². The second-order valence-corrected chi connectivity index (χ2v) is 11.8. The Labute approximate surface area is 122 Å². The first-order chi connectivity index (χ1) is 9.19. The number of hydrogen-bond donors (Lipinski definition) is 0. The highest BCUT2D eigenvalue weighted by molar-refractivity contribution is 6.74. The van der Waals surface area contributed by atoms with Gasteiger partial charge in [-0.25, -0.2) is 4.39 Å². The van der Waals surface area contributed by atoms with Crippen molar-refractivity contribution < 1.29 is 13.6 Å². The van der Waals surface area contributed by atoms with E-state index in [4.69, 9.17) is 9.16 Å². The van der Waals surface area contributed by atoms with Crippen molar-refractivity contribution in [2.45, 2.75) is 64.1 Å². The first kappa shape index (κ1) is 15.7. The Bertz CT molecular complexity index is 451. The highest BCUT2D eigenvalue weighted by atomic mass is 28.4. The van der Waals surface area contributed by atoms with Crippen LogP contribution < -0.4 is 0 Å². The fourth-order valence-corrected chi connectivity index (χ4v) is 3.31. The third-order valence-corrected chi connectivity index (χ3v) is 8.92. The van der Waals surface area contributed by atoms with Crippen LogP contribution in [0.4, 0.5) is 4.39 Å². The molecule has 1 fully saturated rings. The molecule has 1 aromatic carbocycles. The molecular weight excluding hydrogens is 271 g/mol. The summed E-state index contributed by atoms with van der Waals surface area (Å²) in [6, 6.07) is 6.57. The number of ether oxygens (including phenoxy) is 1. The van der Waals surface area contributed by atoms with Crippen LogP contribution in [0.3, 0.4) is 0 Å². The van der Waals surface area contributed by atoms with E-state index in [2.05, 4.69) is 33.9 Å². The van der Waals surface area contributed by atoms with E-state index in [1.807, 2.05) is 0 Å². The quantitative estimate of drug-likeness (QED) is 0.729. The number of rotatable bonds is 3. The lowest BCUT2D eigenvalue weighted by molar-refractivity contribution is -0.0818. The molecule has 0 amide bonds. The summed E-state index contributed by atoms with van der Waals surface area (Å²) >= 11 is 0. The zero-order valence-corrected chi connectivity index (χ0v) is 14.1. The summed E-state index contributed by atoms with van der Waals surface area (Å²) in [6.07, 6.45) is 1.76. The second-order valence-electron chi connectivity index (χ2n) is 7.06. The van der Waals surface area contributed by atoms with Gasteiger partial charge in [0.25, 0.3) is 0 Å². The smallest absolute Gasteiger partial charge is 0.195 e. The summed E-state index contributed by atoms with van der Waals surface area (Å²) < 4.78 is 25.2. The highest BCUT2D eigenvalue weighted by Gasteiger charge is 2.41. The molecule has 20 heavy (non-hydrogen) atoms. The monoisotopic (exact) mass is 296 g/mol. The van der Waals surface area contributed by atoms with Crippen molar-refractivity contribution in [1.29, 1.82) is 0 Å². The van der Waals surface area contributed by atoms with E-state index in [-0.39, 0.29) is 23.2 Å². The van der Waals surface area contributed by atoms with Gasteiger partial charge in [0.1, 0.15) is 12.1 Å². The van der Waals surface area contributed by atoms with Crippen LogP contribution in [-0.2, 0) is 9.16 Å². The van der Waals surface area contributed by atoms with Gasteiger partial charge in [-0.1, -0.05) is 32.9 Å². The molecule has 1 aliphatic heterocycles. The lowest BCUT2D eigenvalue weighted by atomic mass is 10.1. The molecule has 0 saturated carbocycles. The molecule has 0 bridgehead atoms. The maximum Gasteiger partial charge on any atom is 0.195 e. The molecule has 4 heteroatoms. The molecule has 112 valence electrons. The van der Waals surface area contributed by atoms with Crippen LogP contribution in [0.5, 0.6) is 0 Å². The SMILES string of the molecule is CC(C)(C)[Si](C)(C)O[C@H]1CC[C@H](c2ccc(F)cc2)O1. The van der Waals surface area contributed by atoms with Gasteiger partial charge in [-0.3, -0.25) is 0 Å². The lowest BCUT2D eigenvalue weighted by Crippen LogP contribution is -2.43. The van der Waals surface area contributed by atoms with E-state index in [0.29, 0.717) is 0 Å². The number of hydrogen-bond acceptors (Lipinski definition) is 2. The van der Waals surface area contributed by atoms with Crippen molar-refractivity contribution >= 4 is 8.32 Å². The fourth-order valence-electron chi connectivity index (χ4n) is 2.12. The number of halogens is 1. The van der Waals surface area contributed by atoms with E-state index in [0.717, 1.165) is 18.4 Å². The Morgan fingerprint density at radius 3 is 2.30 bits per heavy atom. The maximum atomic E-state index is 12.9. The Hall–Kier alpha value is -0.713. The third-order valence-electron chi connectivity index (χ3n) is 4.45. The summed E-state index contributed by atoms with van der Waals surface area (Å²) in [5, 5.41) is 0.185. The van der Waals surface area contributed by atoms with Gasteiger partial charge in [-0.05, 0) is 42.2 Å². The standard InChI is InChI=1S/C16H25FO2Si/c1-16(2,3)20(4,5)19-15-11-10-14(18-15)12-6-8-13(17)9-7-12/h6-9,14-15H,10-11H2,1-5H3/t14-,15+/m1/s1. The van der Waals surface area contributed by atoms with Gasteiger partial charge in [0.2, 0.25) is 0 Å². The summed E-state index contributed by atoms with van der Waals surface area (Å²) in [4.78, 5) is 0. The average molecular weight is 296 g/mol. The van der Waals surface area contributed by atoms with Crippen molar-refractivity contribution in [3.05, 3.63) is 35.6 Å². The van der Waals surface area contributed by atoms with Crippen molar-refractivity contribution in [3.8, 4) is 0 Å². The first-order valence-corrected chi connectivity index (χ1v) is 10.2. The largest absolute Gasteiger partial charge is 0.392 e. The Morgan fingerprint density at radius 2 is 1.75 bits per heavy atom. The van der Waals surface area contributed by atoms with E-state index in [9.17, 15) is 4.39 Å². The van der Waals surface area contributed by atoms with Gasteiger partial charge in [-0.15, -0.1) is 0 Å². The second kappa shape index (κ2) is 5.58. The Kier molecular flexibility index (Phi) is 4.37. The zero-order chi connectivity index (χ0) is 15.0. The Morgan fingerprint density at radius 1 is 1.15 bits per heavy atom. The molecule has 2 atom stereocenters. The van der Waals surface area contributed by atoms with Gasteiger partial charge in [0, 0.05) is 6.42 Å². The van der Waals surface area contributed by atoms with Gasteiger partial charge in [-0.2, -0.15) is 0 Å². The summed E-state index contributed by atoms with van der Waals surface area (Å²) in [5.41, 5.74) is 1.03. The van der Waals surface area contributed by atoms with E-state index in [1.54, 1.807) is 12.1 Å². The van der Waals surface area contributed by atoms with Crippen LogP contribution >= 0.6 is 0 Å². The van der Waals surface area contributed by atoms with Gasteiger partial charge in [0.05, 0.1) is 6.10 Å². The third kappa shape index (κ3) is 3.48. The molecule has 2 rings (SSSR count). The first-order valence-electron chi connectivity index (χ1n) is 7.28. The summed E-state index contributed by atoms with van der Waals surface area (Å²) in [7, 11) is -1.79. The normalized spacial score (nSPS) is 24.1.